The summed E-state index contributed by atoms with van der Waals surface area (Å²) < 4.78 is 16.3. The summed E-state index contributed by atoms with van der Waals surface area (Å²) in [4.78, 5) is 44.3. The minimum Gasteiger partial charge on any atom is -0.449 e. The van der Waals surface area contributed by atoms with Crippen LogP contribution in [0.15, 0.2) is 4.99 Å². The van der Waals surface area contributed by atoms with E-state index in [2.05, 4.69) is 24.2 Å². The number of carbonyl (C=O) groups excluding carboxylic acids is 3. The molecular formula is C28H50N4O8. The number of alkyl carbamates (subject to hydrolysis) is 1. The average molecular weight is 571 g/mol. The summed E-state index contributed by atoms with van der Waals surface area (Å²) in [5.74, 6) is -0.285. The van der Waals surface area contributed by atoms with Crippen LogP contribution in [0.25, 0.3) is 0 Å². The van der Waals surface area contributed by atoms with Crippen LogP contribution in [0.4, 0.5) is 14.4 Å². The molecule has 2 heterocycles. The van der Waals surface area contributed by atoms with Gasteiger partial charge in [0.1, 0.15) is 19.0 Å². The number of nitrogens with one attached hydrogen (secondary N) is 1. The zero-order valence-electron chi connectivity index (χ0n) is 24.4. The average Bonchev–Trinajstić information content (AvgIpc) is 3.31. The highest BCUT2D eigenvalue weighted by Crippen LogP contribution is 2.25. The lowest BCUT2D eigenvalue weighted by atomic mass is 10.1. The molecule has 12 nitrogen and oxygen atoms in total. The summed E-state index contributed by atoms with van der Waals surface area (Å²) in [6, 6.07) is -0.755. The number of carbonyl (C=O) groups is 3. The van der Waals surface area contributed by atoms with E-state index in [4.69, 9.17) is 14.2 Å². The van der Waals surface area contributed by atoms with E-state index in [0.717, 1.165) is 54.7 Å². The van der Waals surface area contributed by atoms with Gasteiger partial charge in [0.05, 0.1) is 25.9 Å². The van der Waals surface area contributed by atoms with Gasteiger partial charge in [-0.1, -0.05) is 90.9 Å². The van der Waals surface area contributed by atoms with Gasteiger partial charge in [0, 0.05) is 6.42 Å². The summed E-state index contributed by atoms with van der Waals surface area (Å²) >= 11 is 0. The van der Waals surface area contributed by atoms with E-state index in [1.807, 2.05) is 0 Å². The van der Waals surface area contributed by atoms with Gasteiger partial charge in [-0.25, -0.2) is 19.3 Å². The van der Waals surface area contributed by atoms with Crippen molar-refractivity contribution in [1.29, 1.82) is 0 Å². The minimum atomic E-state index is -0.967. The molecule has 230 valence electrons. The third-order valence-corrected chi connectivity index (χ3v) is 7.12. The largest absolute Gasteiger partial charge is 0.449 e. The number of hydrogen-bond donors (Lipinski definition) is 3. The van der Waals surface area contributed by atoms with Gasteiger partial charge in [-0.05, 0) is 12.8 Å². The molecule has 40 heavy (non-hydrogen) atoms. The number of aliphatic hydroxyl groups excluding tert-OH is 2. The molecule has 0 aromatic rings. The lowest BCUT2D eigenvalue weighted by molar-refractivity contribution is -0.0707. The van der Waals surface area contributed by atoms with E-state index in [-0.39, 0.29) is 32.3 Å². The first kappa shape index (κ1) is 33.8. The highest BCUT2D eigenvalue weighted by atomic mass is 16.6. The Morgan fingerprint density at radius 1 is 0.925 bits per heavy atom. The number of hydrogen-bond acceptors (Lipinski definition) is 8. The smallest absolute Gasteiger partial charge is 0.418 e. The molecule has 4 amide bonds. The molecule has 1 fully saturated rings. The molecule has 0 aromatic carbocycles. The fourth-order valence-electron chi connectivity index (χ4n) is 4.67. The van der Waals surface area contributed by atoms with Crippen molar-refractivity contribution < 1.29 is 38.8 Å². The third kappa shape index (κ3) is 12.0. The van der Waals surface area contributed by atoms with Crippen molar-refractivity contribution in [2.24, 2.45) is 4.99 Å². The normalized spacial score (nSPS) is 20.9. The van der Waals surface area contributed by atoms with Gasteiger partial charge in [-0.15, -0.1) is 0 Å². The number of ether oxygens (including phenoxy) is 3. The van der Waals surface area contributed by atoms with Crippen molar-refractivity contribution >= 4 is 24.2 Å². The number of aliphatic imine (C=N–C) groups is 1. The van der Waals surface area contributed by atoms with E-state index >= 15 is 0 Å². The minimum absolute atomic E-state index is 0.0522. The molecule has 0 radical (unpaired) electrons. The maximum absolute atomic E-state index is 13.0. The number of unbranched alkanes of at least 4 members (excludes halogenated alkanes) is 12. The number of rotatable bonds is 18. The molecule has 0 aromatic heterocycles. The Bertz CT molecular complexity index is 796. The second-order valence-electron chi connectivity index (χ2n) is 10.5. The zero-order chi connectivity index (χ0) is 29.2. The van der Waals surface area contributed by atoms with Gasteiger partial charge in [0.25, 0.3) is 0 Å². The second kappa shape index (κ2) is 19.6. The molecule has 2 aliphatic rings. The highest BCUT2D eigenvalue weighted by molar-refractivity contribution is 6.06. The predicted molar refractivity (Wildman–Crippen MR) is 150 cm³/mol. The Morgan fingerprint density at radius 2 is 1.48 bits per heavy atom. The maximum Gasteiger partial charge on any atom is 0.418 e. The lowest BCUT2D eigenvalue weighted by Crippen LogP contribution is -2.58. The lowest BCUT2D eigenvalue weighted by Gasteiger charge is -2.35. The maximum atomic E-state index is 13.0. The van der Waals surface area contributed by atoms with Gasteiger partial charge in [0.2, 0.25) is 5.96 Å². The first-order valence-corrected chi connectivity index (χ1v) is 15.1. The summed E-state index contributed by atoms with van der Waals surface area (Å²) in [6.07, 6.45) is 10.7. The molecule has 0 spiro atoms. The van der Waals surface area contributed by atoms with Crippen molar-refractivity contribution in [3.63, 3.8) is 0 Å². The third-order valence-electron chi connectivity index (χ3n) is 7.12. The summed E-state index contributed by atoms with van der Waals surface area (Å²) in [6.45, 7) is 4.03. The van der Waals surface area contributed by atoms with Crippen molar-refractivity contribution in [3.05, 3.63) is 0 Å². The molecule has 12 heteroatoms. The number of aliphatic hydroxyl groups is 2. The van der Waals surface area contributed by atoms with E-state index in [1.165, 1.54) is 38.5 Å². The topological polar surface area (TPSA) is 150 Å². The summed E-state index contributed by atoms with van der Waals surface area (Å²) in [7, 11) is 0. The Labute approximate surface area is 238 Å². The molecule has 2 rings (SSSR count). The number of nitrogens with zero attached hydrogens (tertiary/aromatic N) is 3. The molecule has 2 aliphatic heterocycles. The van der Waals surface area contributed by atoms with Gasteiger partial charge >= 0.3 is 18.2 Å². The van der Waals surface area contributed by atoms with E-state index < -0.39 is 43.3 Å². The fraction of sp³-hybridized carbons (Fsp3) is 0.857. The van der Waals surface area contributed by atoms with Crippen LogP contribution in [-0.2, 0) is 14.2 Å². The van der Waals surface area contributed by atoms with Crippen molar-refractivity contribution in [2.75, 3.05) is 26.5 Å². The molecule has 3 N–H and O–H groups in total. The first-order valence-electron chi connectivity index (χ1n) is 15.1. The van der Waals surface area contributed by atoms with Crippen LogP contribution in [-0.4, -0.2) is 89.1 Å². The van der Waals surface area contributed by atoms with Crippen molar-refractivity contribution in [2.45, 2.75) is 129 Å². The van der Waals surface area contributed by atoms with Crippen molar-refractivity contribution in [1.82, 2.24) is 15.1 Å². The number of guanidine groups is 1. The van der Waals surface area contributed by atoms with Crippen LogP contribution in [0.3, 0.4) is 0 Å². The Kier molecular flexibility index (Phi) is 16.5. The van der Waals surface area contributed by atoms with Gasteiger partial charge < -0.3 is 24.4 Å². The zero-order valence-corrected chi connectivity index (χ0v) is 24.4. The van der Waals surface area contributed by atoms with Crippen LogP contribution in [0.5, 0.6) is 0 Å². The Balaban J connectivity index is 1.91. The molecule has 3 unspecified atom stereocenters. The van der Waals surface area contributed by atoms with Crippen LogP contribution in [0.1, 0.15) is 110 Å². The fourth-order valence-corrected chi connectivity index (χ4v) is 4.67. The highest BCUT2D eigenvalue weighted by Gasteiger charge is 2.43. The van der Waals surface area contributed by atoms with Crippen LogP contribution >= 0.6 is 0 Å². The Hall–Kier alpha value is -2.44. The van der Waals surface area contributed by atoms with Gasteiger partial charge in [-0.3, -0.25) is 10.2 Å². The van der Waals surface area contributed by atoms with Crippen LogP contribution < -0.4 is 5.32 Å². The van der Waals surface area contributed by atoms with E-state index in [1.54, 1.807) is 0 Å². The van der Waals surface area contributed by atoms with E-state index in [0.29, 0.717) is 6.42 Å². The van der Waals surface area contributed by atoms with Gasteiger partial charge in [0.15, 0.2) is 0 Å². The van der Waals surface area contributed by atoms with Crippen LogP contribution in [0.2, 0.25) is 0 Å². The molecular weight excluding hydrogens is 520 g/mol. The summed E-state index contributed by atoms with van der Waals surface area (Å²) in [5.41, 5.74) is 0. The van der Waals surface area contributed by atoms with Gasteiger partial charge in [-0.2, -0.15) is 4.99 Å². The SMILES string of the molecule is CCCCCCCCCOC(=O)NC1=NC(=O)N(C2CC(O)C(CO)O2)CN1C(=O)OCCCCCCCCC. The predicted octanol–water partition coefficient (Wildman–Crippen LogP) is 4.87. The Morgan fingerprint density at radius 3 is 2.02 bits per heavy atom. The first-order chi connectivity index (χ1) is 19.4. The second-order valence-corrected chi connectivity index (χ2v) is 10.5. The quantitative estimate of drug-likeness (QED) is 0.198. The molecule has 0 aliphatic carbocycles. The van der Waals surface area contributed by atoms with Crippen molar-refractivity contribution in [3.8, 4) is 0 Å². The molecule has 1 saturated heterocycles. The standard InChI is InChI=1S/C28H50N4O8/c1-3-5-7-9-11-13-15-17-38-27(36)30-25-29-26(35)31(24-19-22(34)23(20-33)40-24)21-32(25)28(37)39-18-16-14-12-10-8-6-4-2/h22-24,33-34H,3-21H2,1-2H3,(H,29,30,35,36). The van der Waals surface area contributed by atoms with E-state index in [9.17, 15) is 24.6 Å². The number of urea groups is 1. The monoisotopic (exact) mass is 570 g/mol. The molecule has 3 atom stereocenters. The molecule has 0 bridgehead atoms. The molecule has 0 saturated carbocycles. The van der Waals surface area contributed by atoms with Crippen LogP contribution in [0, 0.1) is 0 Å². The summed E-state index contributed by atoms with van der Waals surface area (Å²) in [5, 5.41) is 21.9. The number of amides is 4.